The van der Waals surface area contributed by atoms with Crippen molar-refractivity contribution in [2.24, 2.45) is 0 Å². The molecule has 0 fully saturated rings. The number of furan rings is 1. The Balaban J connectivity index is 1.79. The first-order chi connectivity index (χ1) is 13.5. The van der Waals surface area contributed by atoms with Gasteiger partial charge in [-0.25, -0.2) is 0 Å². The van der Waals surface area contributed by atoms with Crippen LogP contribution in [0.15, 0.2) is 59.2 Å². The quantitative estimate of drug-likeness (QED) is 0.346. The summed E-state index contributed by atoms with van der Waals surface area (Å²) >= 11 is 0. The van der Waals surface area contributed by atoms with E-state index < -0.39 is 32.0 Å². The fourth-order valence-corrected chi connectivity index (χ4v) is 3.18. The zero-order valence-electron chi connectivity index (χ0n) is 15.4. The van der Waals surface area contributed by atoms with Crippen molar-refractivity contribution < 1.29 is 29.0 Å². The van der Waals surface area contributed by atoms with E-state index in [-0.39, 0.29) is 6.42 Å². The summed E-state index contributed by atoms with van der Waals surface area (Å²) < 4.78 is 10.7. The van der Waals surface area contributed by atoms with E-state index in [9.17, 15) is 19.9 Å². The number of hydrogen-bond acceptors (Lipinski definition) is 6. The molecule has 0 saturated heterocycles. The monoisotopic (exact) mass is 383 g/mol. The third-order valence-electron chi connectivity index (χ3n) is 4.57. The van der Waals surface area contributed by atoms with Gasteiger partial charge in [0.15, 0.2) is 0 Å². The van der Waals surface area contributed by atoms with Crippen molar-refractivity contribution in [3.8, 4) is 0 Å². The summed E-state index contributed by atoms with van der Waals surface area (Å²) in [5.41, 5.74) is 3.10. The molecule has 7 nitrogen and oxygen atoms in total. The average Bonchev–Trinajstić information content (AvgIpc) is 3.07. The fraction of sp³-hybridized carbons (Fsp3) is 0.250. The first-order valence-electron chi connectivity index (χ1n) is 8.93. The Morgan fingerprint density at radius 2 is 1.93 bits per heavy atom. The molecule has 1 amide bonds. The molecule has 0 aliphatic carbocycles. The highest BCUT2D eigenvalue weighted by molar-refractivity contribution is 6.32. The van der Waals surface area contributed by atoms with Crippen LogP contribution in [0.4, 0.5) is 0 Å². The summed E-state index contributed by atoms with van der Waals surface area (Å²) in [5.74, 6) is -1.28. The zero-order valence-corrected chi connectivity index (χ0v) is 15.4. The molecule has 2 atom stereocenters. The molecular formula is C20H22BNO6. The van der Waals surface area contributed by atoms with Crippen LogP contribution in [0.1, 0.15) is 22.6 Å². The van der Waals surface area contributed by atoms with Gasteiger partial charge in [-0.15, -0.1) is 0 Å². The molecule has 0 aliphatic rings. The largest absolute Gasteiger partial charge is 0.635 e. The Bertz CT molecular complexity index is 927. The van der Waals surface area contributed by atoms with Crippen LogP contribution in [0, 0.1) is 6.92 Å². The van der Waals surface area contributed by atoms with Gasteiger partial charge in [0, 0.05) is 17.4 Å². The molecule has 2 aromatic carbocycles. The topological polar surface area (TPSA) is 112 Å². The van der Waals surface area contributed by atoms with Gasteiger partial charge in [-0.1, -0.05) is 48.5 Å². The summed E-state index contributed by atoms with van der Waals surface area (Å²) in [4.78, 5) is 12.7. The number of aryl methyl sites for hydroxylation is 1. The molecule has 1 aromatic heterocycles. The summed E-state index contributed by atoms with van der Waals surface area (Å²) in [6, 6.07) is 14.5. The molecule has 0 unspecified atom stereocenters. The molecule has 4 N–H and O–H groups in total. The molecule has 28 heavy (non-hydrogen) atoms. The van der Waals surface area contributed by atoms with Crippen molar-refractivity contribution in [3.63, 3.8) is 0 Å². The fourth-order valence-electron chi connectivity index (χ4n) is 3.18. The number of hydrogen-bond donors (Lipinski definition) is 4. The van der Waals surface area contributed by atoms with Gasteiger partial charge in [-0.05, 0) is 18.1 Å². The molecule has 146 valence electrons. The minimum Gasteiger partial charge on any atom is -0.464 e. The van der Waals surface area contributed by atoms with Gasteiger partial charge < -0.3 is 29.5 Å². The van der Waals surface area contributed by atoms with Crippen LogP contribution in [0.25, 0.3) is 11.0 Å². The van der Waals surface area contributed by atoms with E-state index in [0.717, 1.165) is 22.1 Å². The number of benzene rings is 2. The summed E-state index contributed by atoms with van der Waals surface area (Å²) in [6.45, 7) is 1.53. The molecular weight excluding hydrogens is 361 g/mol. The summed E-state index contributed by atoms with van der Waals surface area (Å²) in [6.07, 6.45) is 0.698. The Morgan fingerprint density at radius 1 is 1.18 bits per heavy atom. The smallest absolute Gasteiger partial charge is 0.464 e. The van der Waals surface area contributed by atoms with E-state index in [2.05, 4.69) is 5.32 Å². The molecule has 3 rings (SSSR count). The van der Waals surface area contributed by atoms with Crippen LogP contribution in [0.3, 0.4) is 0 Å². The maximum Gasteiger partial charge on any atom is 0.635 e. The highest BCUT2D eigenvalue weighted by atomic mass is 16.6. The Kier molecular flexibility index (Phi) is 6.48. The van der Waals surface area contributed by atoms with Crippen LogP contribution in [0.5, 0.6) is 0 Å². The normalized spacial score (nSPS) is 13.3. The minimum absolute atomic E-state index is 0.159. The van der Waals surface area contributed by atoms with Gasteiger partial charge in [0.2, 0.25) is 5.91 Å². The van der Waals surface area contributed by atoms with Crippen molar-refractivity contribution in [3.05, 3.63) is 71.5 Å². The lowest BCUT2D eigenvalue weighted by Gasteiger charge is -2.22. The lowest BCUT2D eigenvalue weighted by atomic mass is 9.99. The second-order valence-corrected chi connectivity index (χ2v) is 6.52. The molecule has 8 heteroatoms. The Hall–Kier alpha value is -2.65. The lowest BCUT2D eigenvalue weighted by molar-refractivity contribution is -0.126. The highest BCUT2D eigenvalue weighted by Crippen LogP contribution is 2.25. The van der Waals surface area contributed by atoms with Crippen molar-refractivity contribution in [1.29, 1.82) is 0 Å². The molecule has 1 heterocycles. The predicted molar refractivity (Wildman–Crippen MR) is 104 cm³/mol. The molecule has 0 spiro atoms. The number of nitrogens with one attached hydrogen (secondary N) is 1. The van der Waals surface area contributed by atoms with Gasteiger partial charge in [0.1, 0.15) is 11.8 Å². The first-order valence-corrected chi connectivity index (χ1v) is 8.93. The molecule has 0 bridgehead atoms. The van der Waals surface area contributed by atoms with Gasteiger partial charge in [-0.2, -0.15) is 0 Å². The third kappa shape index (κ3) is 4.60. The van der Waals surface area contributed by atoms with Crippen molar-refractivity contribution in [1.82, 2.24) is 5.32 Å². The number of amides is 1. The Labute approximate surface area is 162 Å². The third-order valence-corrected chi connectivity index (χ3v) is 4.57. The van der Waals surface area contributed by atoms with Crippen LogP contribution in [-0.2, 0) is 15.9 Å². The second-order valence-electron chi connectivity index (χ2n) is 6.52. The maximum atomic E-state index is 12.7. The zero-order chi connectivity index (χ0) is 20.1. The van der Waals surface area contributed by atoms with Crippen LogP contribution in [-0.4, -0.2) is 41.2 Å². The summed E-state index contributed by atoms with van der Waals surface area (Å²) in [5, 5.41) is 31.6. The minimum atomic E-state index is -2.06. The van der Waals surface area contributed by atoms with Gasteiger partial charge in [-0.3, -0.25) is 4.79 Å². The second kappa shape index (κ2) is 9.03. The highest BCUT2D eigenvalue weighted by Gasteiger charge is 2.26. The Morgan fingerprint density at radius 3 is 2.61 bits per heavy atom. The van der Waals surface area contributed by atoms with Crippen molar-refractivity contribution in [2.45, 2.75) is 25.5 Å². The van der Waals surface area contributed by atoms with Gasteiger partial charge in [0.25, 0.3) is 0 Å². The van der Waals surface area contributed by atoms with E-state index in [1.54, 1.807) is 30.5 Å². The molecule has 0 radical (unpaired) electrons. The molecule has 0 aliphatic heterocycles. The van der Waals surface area contributed by atoms with Crippen molar-refractivity contribution in [2.75, 3.05) is 6.61 Å². The van der Waals surface area contributed by atoms with Crippen LogP contribution >= 0.6 is 0 Å². The predicted octanol–water partition coefficient (Wildman–Crippen LogP) is 1.49. The first kappa shape index (κ1) is 20.1. The van der Waals surface area contributed by atoms with E-state index >= 15 is 0 Å². The molecule has 0 saturated carbocycles. The molecule has 3 aromatic rings. The summed E-state index contributed by atoms with van der Waals surface area (Å²) in [7, 11) is -2.06. The standard InChI is InChI=1S/C20H22BNO6/c1-13-6-5-9-16-15(12-27-19(13)16)10-18(28-21(25)26)22-20(24)17(11-23)14-7-3-2-4-8-14/h2-9,12,17-18,23,25-26H,10-11H2,1H3,(H,22,24)/t17-,18+/m0/s1. The number of aliphatic hydroxyl groups is 1. The number of aliphatic hydroxyl groups excluding tert-OH is 1. The van der Waals surface area contributed by atoms with Crippen LogP contribution in [0.2, 0.25) is 0 Å². The number of rotatable bonds is 8. The van der Waals surface area contributed by atoms with E-state index in [1.165, 1.54) is 0 Å². The lowest BCUT2D eigenvalue weighted by Crippen LogP contribution is -2.44. The van der Waals surface area contributed by atoms with E-state index in [1.807, 2.05) is 31.2 Å². The van der Waals surface area contributed by atoms with Gasteiger partial charge in [0.05, 0.1) is 18.8 Å². The van der Waals surface area contributed by atoms with Crippen LogP contribution < -0.4 is 5.32 Å². The number of para-hydroxylation sites is 1. The number of carbonyl (C=O) groups is 1. The number of carbonyl (C=O) groups excluding carboxylic acids is 1. The van der Waals surface area contributed by atoms with E-state index in [4.69, 9.17) is 9.07 Å². The average molecular weight is 383 g/mol. The van der Waals surface area contributed by atoms with Gasteiger partial charge >= 0.3 is 7.32 Å². The SMILES string of the molecule is Cc1cccc2c(C[C@H](NC(=O)[C@@H](CO)c3ccccc3)OB(O)O)coc12. The number of fused-ring (bicyclic) bond motifs is 1. The maximum absolute atomic E-state index is 12.7. The van der Waals surface area contributed by atoms with E-state index in [0.29, 0.717) is 5.56 Å². The van der Waals surface area contributed by atoms with Crippen molar-refractivity contribution >= 4 is 24.2 Å².